The van der Waals surface area contributed by atoms with E-state index in [4.69, 9.17) is 0 Å². The first-order valence-corrected chi connectivity index (χ1v) is 8.49. The lowest BCUT2D eigenvalue weighted by molar-refractivity contribution is 0.577. The third-order valence-corrected chi connectivity index (χ3v) is 8.47. The largest absolute Gasteiger partial charge is 0.282 e. The van der Waals surface area contributed by atoms with E-state index in [1.165, 1.54) is 38.1 Å². The summed E-state index contributed by atoms with van der Waals surface area (Å²) >= 11 is 0. The maximum absolute atomic E-state index is 11.9. The molecule has 17 heavy (non-hydrogen) atoms. The van der Waals surface area contributed by atoms with Crippen molar-refractivity contribution in [3.05, 3.63) is 36.4 Å². The number of rotatable bonds is 4. The second kappa shape index (κ2) is 4.62. The monoisotopic (exact) mass is 274 g/mol. The van der Waals surface area contributed by atoms with Crippen LogP contribution in [0, 0.1) is 0 Å². The zero-order valence-corrected chi connectivity index (χ0v) is 11.3. The van der Waals surface area contributed by atoms with Gasteiger partial charge >= 0.3 is 0 Å². The number of hydrogen-bond donors (Lipinski definition) is 0. The Bertz CT molecular complexity index is 608. The Kier molecular flexibility index (Phi) is 3.78. The van der Waals surface area contributed by atoms with Crippen LogP contribution in [0.3, 0.4) is 0 Å². The van der Waals surface area contributed by atoms with Gasteiger partial charge in [-0.1, -0.05) is 24.8 Å². The molecule has 0 aliphatic carbocycles. The van der Waals surface area contributed by atoms with Crippen molar-refractivity contribution in [1.29, 1.82) is 0 Å². The average molecular weight is 274 g/mol. The first kappa shape index (κ1) is 13.9. The Morgan fingerprint density at radius 3 is 1.88 bits per heavy atom. The quantitative estimate of drug-likeness (QED) is 0.786. The summed E-state index contributed by atoms with van der Waals surface area (Å²) in [6.07, 6.45) is 1.55. The van der Waals surface area contributed by atoms with Crippen molar-refractivity contribution in [3.63, 3.8) is 0 Å². The first-order valence-electron chi connectivity index (χ1n) is 4.95. The van der Waals surface area contributed by atoms with E-state index in [0.717, 1.165) is 5.56 Å². The Balaban J connectivity index is 3.37. The van der Waals surface area contributed by atoms with Gasteiger partial charge in [-0.15, -0.1) is 0 Å². The Labute approximate surface area is 101 Å². The summed E-state index contributed by atoms with van der Waals surface area (Å²) in [7, 11) is -8.53. The maximum Gasteiger partial charge on any atom is 0.282 e. The van der Waals surface area contributed by atoms with Gasteiger partial charge in [-0.3, -0.25) is 0 Å². The minimum atomic E-state index is -4.32. The highest BCUT2D eigenvalue weighted by Crippen LogP contribution is 2.21. The summed E-state index contributed by atoms with van der Waals surface area (Å²) in [5, 5.41) is -0.966. The van der Waals surface area contributed by atoms with Crippen molar-refractivity contribution in [1.82, 2.24) is 0 Å². The lowest BCUT2D eigenvalue weighted by Crippen LogP contribution is -2.24. The normalized spacial score (nSPS) is 12.6. The molecule has 0 atom stereocenters. The number of hydrogen-bond acceptors (Lipinski definition) is 4. The van der Waals surface area contributed by atoms with Gasteiger partial charge < -0.3 is 0 Å². The van der Waals surface area contributed by atoms with Crippen LogP contribution >= 0.6 is 0 Å². The van der Waals surface area contributed by atoms with E-state index in [0.29, 0.717) is 0 Å². The third-order valence-electron chi connectivity index (χ3n) is 2.29. The highest BCUT2D eigenvalue weighted by molar-refractivity contribution is 8.67. The Morgan fingerprint density at radius 1 is 1.06 bits per heavy atom. The Hall–Kier alpha value is -1.14. The summed E-state index contributed by atoms with van der Waals surface area (Å²) in [4.78, 5) is -0.211. The van der Waals surface area contributed by atoms with E-state index in [1.54, 1.807) is 6.08 Å². The molecule has 6 heteroatoms. The van der Waals surface area contributed by atoms with Crippen molar-refractivity contribution in [2.45, 2.75) is 24.0 Å². The van der Waals surface area contributed by atoms with Gasteiger partial charge in [-0.2, -0.15) is 0 Å². The highest BCUT2D eigenvalue weighted by atomic mass is 33.2. The zero-order chi connectivity index (χ0) is 13.3. The van der Waals surface area contributed by atoms with Crippen LogP contribution in [-0.2, 0) is 17.7 Å². The average Bonchev–Trinajstić information content (AvgIpc) is 2.28. The molecule has 0 unspecified atom stereocenters. The lowest BCUT2D eigenvalue weighted by atomic mass is 10.2. The maximum atomic E-state index is 11.9. The van der Waals surface area contributed by atoms with Gasteiger partial charge in [0, 0.05) is 0 Å². The third kappa shape index (κ3) is 2.42. The molecule has 0 aromatic heterocycles. The van der Waals surface area contributed by atoms with Crippen LogP contribution in [0.1, 0.15) is 19.4 Å². The second-order valence-corrected chi connectivity index (χ2v) is 9.79. The molecule has 0 saturated heterocycles. The van der Waals surface area contributed by atoms with Crippen LogP contribution in [0.4, 0.5) is 0 Å². The SMILES string of the molecule is C=Cc1ccc(S(=O)(=O)S(=O)(=O)C(C)C)cc1. The van der Waals surface area contributed by atoms with Crippen molar-refractivity contribution in [2.24, 2.45) is 0 Å². The molecule has 0 heterocycles. The second-order valence-electron chi connectivity index (χ2n) is 3.77. The highest BCUT2D eigenvalue weighted by Gasteiger charge is 2.34. The molecular weight excluding hydrogens is 260 g/mol. The molecule has 1 aromatic rings. The predicted molar refractivity (Wildman–Crippen MR) is 67.8 cm³/mol. The van der Waals surface area contributed by atoms with Crippen LogP contribution in [0.5, 0.6) is 0 Å². The van der Waals surface area contributed by atoms with E-state index < -0.39 is 23.0 Å². The van der Waals surface area contributed by atoms with Gasteiger partial charge in [0.2, 0.25) is 0 Å². The van der Waals surface area contributed by atoms with E-state index in [9.17, 15) is 16.8 Å². The van der Waals surface area contributed by atoms with E-state index >= 15 is 0 Å². The van der Waals surface area contributed by atoms with Crippen molar-refractivity contribution in [2.75, 3.05) is 0 Å². The molecule has 0 aliphatic rings. The first-order chi connectivity index (χ1) is 7.73. The topological polar surface area (TPSA) is 68.3 Å². The van der Waals surface area contributed by atoms with Crippen molar-refractivity contribution >= 4 is 23.8 Å². The summed E-state index contributed by atoms with van der Waals surface area (Å²) in [6.45, 7) is 6.21. The fourth-order valence-electron chi connectivity index (χ4n) is 1.16. The van der Waals surface area contributed by atoms with Crippen LogP contribution in [-0.4, -0.2) is 22.1 Å². The molecule has 0 amide bonds. The summed E-state index contributed by atoms with van der Waals surface area (Å²) in [5.41, 5.74) is 0.728. The van der Waals surface area contributed by atoms with E-state index in [1.807, 2.05) is 0 Å². The van der Waals surface area contributed by atoms with Crippen LogP contribution in [0.25, 0.3) is 6.08 Å². The zero-order valence-electron chi connectivity index (χ0n) is 9.62. The molecule has 0 fully saturated rings. The number of benzene rings is 1. The molecule has 0 aliphatic heterocycles. The summed E-state index contributed by atoms with van der Waals surface area (Å²) in [6, 6.07) is 5.56. The molecule has 0 bridgehead atoms. The molecule has 0 N–H and O–H groups in total. The molecule has 4 nitrogen and oxygen atoms in total. The van der Waals surface area contributed by atoms with Gasteiger partial charge in [-0.05, 0) is 31.5 Å². The van der Waals surface area contributed by atoms with Gasteiger partial charge in [0.05, 0.1) is 10.1 Å². The van der Waals surface area contributed by atoms with Crippen molar-refractivity contribution in [3.8, 4) is 0 Å². The molecule has 1 aromatic carbocycles. The minimum absolute atomic E-state index is 0.211. The van der Waals surface area contributed by atoms with Gasteiger partial charge in [0.25, 0.3) is 17.7 Å². The summed E-state index contributed by atoms with van der Waals surface area (Å²) < 4.78 is 47.2. The van der Waals surface area contributed by atoms with Crippen LogP contribution < -0.4 is 0 Å². The molecule has 94 valence electrons. The molecule has 0 saturated carbocycles. The van der Waals surface area contributed by atoms with Crippen LogP contribution in [0.2, 0.25) is 0 Å². The predicted octanol–water partition coefficient (Wildman–Crippen LogP) is 1.84. The lowest BCUT2D eigenvalue weighted by Gasteiger charge is -2.08. The minimum Gasteiger partial charge on any atom is -0.212 e. The molecule has 0 spiro atoms. The fraction of sp³-hybridized carbons (Fsp3) is 0.273. The van der Waals surface area contributed by atoms with Gasteiger partial charge in [0.15, 0.2) is 0 Å². The Morgan fingerprint density at radius 2 is 1.53 bits per heavy atom. The smallest absolute Gasteiger partial charge is 0.212 e. The van der Waals surface area contributed by atoms with Gasteiger partial charge in [-0.25, -0.2) is 16.8 Å². The molecule has 1 rings (SSSR count). The van der Waals surface area contributed by atoms with E-state index in [-0.39, 0.29) is 4.90 Å². The van der Waals surface area contributed by atoms with Crippen LogP contribution in [0.15, 0.2) is 35.7 Å². The van der Waals surface area contributed by atoms with Crippen molar-refractivity contribution < 1.29 is 16.8 Å². The summed E-state index contributed by atoms with van der Waals surface area (Å²) in [5.74, 6) is 0. The van der Waals surface area contributed by atoms with Gasteiger partial charge in [0.1, 0.15) is 0 Å². The molecule has 0 radical (unpaired) electrons. The van der Waals surface area contributed by atoms with E-state index in [2.05, 4.69) is 6.58 Å². The fourth-order valence-corrected chi connectivity index (χ4v) is 5.06. The standard InChI is InChI=1S/C11H14O4S2/c1-4-10-5-7-11(8-6-10)17(14,15)16(12,13)9(2)3/h4-9H,1H2,2-3H3. The molecular formula is C11H14O4S2.